The zero-order valence-corrected chi connectivity index (χ0v) is 14.9. The number of piperidine rings is 1. The predicted octanol–water partition coefficient (Wildman–Crippen LogP) is 3.76. The largest absolute Gasteiger partial charge is 0.444 e. The molecule has 134 valence electrons. The second-order valence-corrected chi connectivity index (χ2v) is 7.44. The standard InChI is InChI=1S/C19H29FN2O2/c1-19(2,3)24-18(23)22-11-9-16(10-12-22)17(20)14-21-13-15-7-5-4-6-8-15/h4-8,16-17,21H,9-14H2,1-3H3/t17-/m1/s1. The Balaban J connectivity index is 1.68. The SMILES string of the molecule is CC(C)(C)OC(=O)N1CCC([C@H](F)CNCc2ccccc2)CC1. The van der Waals surface area contributed by atoms with Crippen molar-refractivity contribution < 1.29 is 13.9 Å². The normalized spacial score (nSPS) is 17.6. The summed E-state index contributed by atoms with van der Waals surface area (Å²) in [6.45, 7) is 7.73. The van der Waals surface area contributed by atoms with Crippen LogP contribution in [0.4, 0.5) is 9.18 Å². The van der Waals surface area contributed by atoms with Crippen molar-refractivity contribution in [2.75, 3.05) is 19.6 Å². The van der Waals surface area contributed by atoms with Crippen LogP contribution in [0.5, 0.6) is 0 Å². The Bertz CT molecular complexity index is 508. The van der Waals surface area contributed by atoms with Gasteiger partial charge in [-0.25, -0.2) is 9.18 Å². The van der Waals surface area contributed by atoms with E-state index in [1.165, 1.54) is 0 Å². The third-order valence-electron chi connectivity index (χ3n) is 4.21. The summed E-state index contributed by atoms with van der Waals surface area (Å²) in [5.41, 5.74) is 0.669. The quantitative estimate of drug-likeness (QED) is 0.890. The number of hydrogen-bond acceptors (Lipinski definition) is 3. The number of rotatable bonds is 5. The molecule has 1 aromatic carbocycles. The number of nitrogens with zero attached hydrogens (tertiary/aromatic N) is 1. The summed E-state index contributed by atoms with van der Waals surface area (Å²) in [7, 11) is 0. The Morgan fingerprint density at radius 2 is 1.92 bits per heavy atom. The lowest BCUT2D eigenvalue weighted by Crippen LogP contribution is -2.44. The Kier molecular flexibility index (Phi) is 6.60. The van der Waals surface area contributed by atoms with Crippen LogP contribution in [0, 0.1) is 5.92 Å². The molecule has 0 unspecified atom stereocenters. The van der Waals surface area contributed by atoms with E-state index >= 15 is 0 Å². The molecule has 1 amide bonds. The van der Waals surface area contributed by atoms with Gasteiger partial charge in [0.05, 0.1) is 0 Å². The van der Waals surface area contributed by atoms with Gasteiger partial charge in [-0.05, 0) is 45.1 Å². The zero-order valence-electron chi connectivity index (χ0n) is 14.9. The van der Waals surface area contributed by atoms with Crippen LogP contribution in [0.1, 0.15) is 39.2 Å². The average molecular weight is 336 g/mol. The third-order valence-corrected chi connectivity index (χ3v) is 4.21. The third kappa shape index (κ3) is 6.11. The van der Waals surface area contributed by atoms with Crippen molar-refractivity contribution in [3.63, 3.8) is 0 Å². The number of carbonyl (C=O) groups excluding carboxylic acids is 1. The number of likely N-dealkylation sites (tertiary alicyclic amines) is 1. The van der Waals surface area contributed by atoms with Gasteiger partial charge in [0.1, 0.15) is 11.8 Å². The van der Waals surface area contributed by atoms with Crippen LogP contribution in [-0.4, -0.2) is 42.4 Å². The molecule has 1 aliphatic heterocycles. The maximum absolute atomic E-state index is 14.4. The number of ether oxygens (including phenoxy) is 1. The molecule has 1 heterocycles. The Morgan fingerprint density at radius 1 is 1.29 bits per heavy atom. The first-order chi connectivity index (χ1) is 11.3. The van der Waals surface area contributed by atoms with Gasteiger partial charge in [-0.3, -0.25) is 0 Å². The maximum Gasteiger partial charge on any atom is 0.410 e. The van der Waals surface area contributed by atoms with Crippen LogP contribution in [0.15, 0.2) is 30.3 Å². The van der Waals surface area contributed by atoms with Gasteiger partial charge in [-0.2, -0.15) is 0 Å². The minimum absolute atomic E-state index is 0.00644. The number of benzene rings is 1. The van der Waals surface area contributed by atoms with Crippen LogP contribution in [0.25, 0.3) is 0 Å². The lowest BCUT2D eigenvalue weighted by atomic mass is 9.92. The molecule has 0 aromatic heterocycles. The molecule has 0 spiro atoms. The van der Waals surface area contributed by atoms with Gasteiger partial charge < -0.3 is 15.0 Å². The Hall–Kier alpha value is -1.62. The van der Waals surface area contributed by atoms with E-state index < -0.39 is 11.8 Å². The summed E-state index contributed by atoms with van der Waals surface area (Å²) in [4.78, 5) is 13.7. The number of hydrogen-bond donors (Lipinski definition) is 1. The van der Waals surface area contributed by atoms with Gasteiger partial charge in [0.25, 0.3) is 0 Å². The first-order valence-electron chi connectivity index (χ1n) is 8.72. The van der Waals surface area contributed by atoms with E-state index in [-0.39, 0.29) is 12.0 Å². The van der Waals surface area contributed by atoms with Crippen LogP contribution in [0.2, 0.25) is 0 Å². The molecule has 1 aliphatic rings. The van der Waals surface area contributed by atoms with Crippen molar-refractivity contribution in [1.82, 2.24) is 10.2 Å². The van der Waals surface area contributed by atoms with Gasteiger partial charge in [0, 0.05) is 26.2 Å². The van der Waals surface area contributed by atoms with Crippen LogP contribution in [0.3, 0.4) is 0 Å². The molecule has 24 heavy (non-hydrogen) atoms. The van der Waals surface area contributed by atoms with Crippen molar-refractivity contribution in [3.05, 3.63) is 35.9 Å². The molecule has 0 bridgehead atoms. The highest BCUT2D eigenvalue weighted by Gasteiger charge is 2.30. The summed E-state index contributed by atoms with van der Waals surface area (Å²) < 4.78 is 19.8. The smallest absolute Gasteiger partial charge is 0.410 e. The van der Waals surface area contributed by atoms with Gasteiger partial charge in [-0.15, -0.1) is 0 Å². The van der Waals surface area contributed by atoms with E-state index in [2.05, 4.69) is 5.32 Å². The highest BCUT2D eigenvalue weighted by atomic mass is 19.1. The number of carbonyl (C=O) groups is 1. The minimum Gasteiger partial charge on any atom is -0.444 e. The summed E-state index contributed by atoms with van der Waals surface area (Å²) >= 11 is 0. The zero-order chi connectivity index (χ0) is 17.6. The molecule has 1 aromatic rings. The fourth-order valence-electron chi connectivity index (χ4n) is 2.89. The van der Waals surface area contributed by atoms with Crippen LogP contribution >= 0.6 is 0 Å². The Morgan fingerprint density at radius 3 is 2.50 bits per heavy atom. The van der Waals surface area contributed by atoms with E-state index in [0.29, 0.717) is 39.0 Å². The molecule has 2 rings (SSSR count). The van der Waals surface area contributed by atoms with E-state index in [1.54, 1.807) is 4.90 Å². The van der Waals surface area contributed by atoms with Crippen LogP contribution < -0.4 is 5.32 Å². The monoisotopic (exact) mass is 336 g/mol. The average Bonchev–Trinajstić information content (AvgIpc) is 2.54. The first kappa shape index (κ1) is 18.7. The van der Waals surface area contributed by atoms with E-state index in [1.807, 2.05) is 51.1 Å². The molecule has 1 fully saturated rings. The van der Waals surface area contributed by atoms with E-state index in [9.17, 15) is 9.18 Å². The molecule has 4 nitrogen and oxygen atoms in total. The van der Waals surface area contributed by atoms with Crippen LogP contribution in [-0.2, 0) is 11.3 Å². The van der Waals surface area contributed by atoms with Crippen molar-refractivity contribution in [1.29, 1.82) is 0 Å². The minimum atomic E-state index is -0.880. The number of alkyl halides is 1. The molecule has 0 aliphatic carbocycles. The van der Waals surface area contributed by atoms with Crippen molar-refractivity contribution >= 4 is 6.09 Å². The molecule has 1 saturated heterocycles. The molecular weight excluding hydrogens is 307 g/mol. The fraction of sp³-hybridized carbons (Fsp3) is 0.632. The number of nitrogens with one attached hydrogen (secondary N) is 1. The number of halogens is 1. The van der Waals surface area contributed by atoms with E-state index in [0.717, 1.165) is 5.56 Å². The molecule has 0 radical (unpaired) electrons. The van der Waals surface area contributed by atoms with Crippen molar-refractivity contribution in [3.8, 4) is 0 Å². The highest BCUT2D eigenvalue weighted by molar-refractivity contribution is 5.68. The van der Waals surface area contributed by atoms with Gasteiger partial charge in [0.15, 0.2) is 0 Å². The topological polar surface area (TPSA) is 41.6 Å². The second-order valence-electron chi connectivity index (χ2n) is 7.44. The first-order valence-corrected chi connectivity index (χ1v) is 8.72. The van der Waals surface area contributed by atoms with E-state index in [4.69, 9.17) is 4.74 Å². The molecule has 5 heteroatoms. The number of amides is 1. The maximum atomic E-state index is 14.4. The second kappa shape index (κ2) is 8.47. The molecular formula is C19H29FN2O2. The molecule has 1 atom stereocenters. The summed E-state index contributed by atoms with van der Waals surface area (Å²) in [6.07, 6.45) is 0.203. The van der Waals surface area contributed by atoms with Crippen molar-refractivity contribution in [2.24, 2.45) is 5.92 Å². The summed E-state index contributed by atoms with van der Waals surface area (Å²) in [6, 6.07) is 9.99. The van der Waals surface area contributed by atoms with Gasteiger partial charge >= 0.3 is 6.09 Å². The summed E-state index contributed by atoms with van der Waals surface area (Å²) in [5, 5.41) is 3.18. The lowest BCUT2D eigenvalue weighted by Gasteiger charge is -2.34. The van der Waals surface area contributed by atoms with Gasteiger partial charge in [-0.1, -0.05) is 30.3 Å². The Labute approximate surface area is 144 Å². The molecule has 1 N–H and O–H groups in total. The molecule has 0 saturated carbocycles. The predicted molar refractivity (Wildman–Crippen MR) is 93.6 cm³/mol. The summed E-state index contributed by atoms with van der Waals surface area (Å²) in [5.74, 6) is 0.00644. The highest BCUT2D eigenvalue weighted by Crippen LogP contribution is 2.24. The fourth-order valence-corrected chi connectivity index (χ4v) is 2.89. The lowest BCUT2D eigenvalue weighted by molar-refractivity contribution is 0.0145. The van der Waals surface area contributed by atoms with Crippen molar-refractivity contribution in [2.45, 2.75) is 51.9 Å². The van der Waals surface area contributed by atoms with Gasteiger partial charge in [0.2, 0.25) is 0 Å².